The van der Waals surface area contributed by atoms with Gasteiger partial charge in [0.05, 0.1) is 9.72 Å². The predicted molar refractivity (Wildman–Crippen MR) is 117 cm³/mol. The SMILES string of the molecule is CNC(=O)c1cc(Oc2cc(Cl)c3nc(NCC4CCCCC4)sc3c2)ccn1. The number of hydrogen-bond acceptors (Lipinski definition) is 6. The molecule has 2 heterocycles. The van der Waals surface area contributed by atoms with Crippen molar-refractivity contribution in [3.63, 3.8) is 0 Å². The quantitative estimate of drug-likeness (QED) is 0.540. The van der Waals surface area contributed by atoms with Crippen LogP contribution in [0, 0.1) is 5.92 Å². The number of fused-ring (bicyclic) bond motifs is 1. The monoisotopic (exact) mass is 430 g/mol. The summed E-state index contributed by atoms with van der Waals surface area (Å²) in [7, 11) is 1.56. The van der Waals surface area contributed by atoms with E-state index >= 15 is 0 Å². The van der Waals surface area contributed by atoms with Crippen molar-refractivity contribution in [2.75, 3.05) is 18.9 Å². The van der Waals surface area contributed by atoms with E-state index in [-0.39, 0.29) is 5.91 Å². The van der Waals surface area contributed by atoms with Crippen LogP contribution < -0.4 is 15.4 Å². The number of carbonyl (C=O) groups excluding carboxylic acids is 1. The number of thiazole rings is 1. The van der Waals surface area contributed by atoms with E-state index in [2.05, 4.69) is 20.6 Å². The van der Waals surface area contributed by atoms with Crippen molar-refractivity contribution in [3.05, 3.63) is 41.2 Å². The second-order valence-electron chi connectivity index (χ2n) is 7.21. The Morgan fingerprint density at radius 3 is 2.86 bits per heavy atom. The minimum absolute atomic E-state index is 0.264. The number of anilines is 1. The highest BCUT2D eigenvalue weighted by atomic mass is 35.5. The molecule has 6 nitrogen and oxygen atoms in total. The van der Waals surface area contributed by atoms with Crippen LogP contribution in [0.2, 0.25) is 5.02 Å². The Labute approximate surface area is 178 Å². The molecule has 1 aliphatic carbocycles. The molecule has 1 aromatic carbocycles. The summed E-state index contributed by atoms with van der Waals surface area (Å²) in [6.07, 6.45) is 8.14. The van der Waals surface area contributed by atoms with Crippen LogP contribution in [0.15, 0.2) is 30.5 Å². The molecule has 2 aromatic heterocycles. The smallest absolute Gasteiger partial charge is 0.269 e. The van der Waals surface area contributed by atoms with Crippen molar-refractivity contribution >= 4 is 44.2 Å². The van der Waals surface area contributed by atoms with E-state index in [9.17, 15) is 4.79 Å². The molecule has 0 spiro atoms. The van der Waals surface area contributed by atoms with E-state index in [1.165, 1.54) is 32.1 Å². The Balaban J connectivity index is 1.50. The van der Waals surface area contributed by atoms with Gasteiger partial charge in [0, 0.05) is 38.0 Å². The largest absolute Gasteiger partial charge is 0.457 e. The van der Waals surface area contributed by atoms with Gasteiger partial charge in [0.25, 0.3) is 5.91 Å². The molecule has 0 aliphatic heterocycles. The highest BCUT2D eigenvalue weighted by Gasteiger charge is 2.15. The number of pyridine rings is 1. The zero-order valence-electron chi connectivity index (χ0n) is 16.2. The molecule has 4 rings (SSSR count). The molecule has 0 saturated heterocycles. The molecule has 1 fully saturated rings. The van der Waals surface area contributed by atoms with Crippen molar-refractivity contribution in [1.82, 2.24) is 15.3 Å². The second kappa shape index (κ2) is 8.97. The number of hydrogen-bond donors (Lipinski definition) is 2. The van der Waals surface area contributed by atoms with Crippen LogP contribution in [-0.2, 0) is 0 Å². The van der Waals surface area contributed by atoms with Crippen LogP contribution in [0.3, 0.4) is 0 Å². The lowest BCUT2D eigenvalue weighted by Crippen LogP contribution is -2.18. The molecule has 1 amide bonds. The van der Waals surface area contributed by atoms with Crippen LogP contribution >= 0.6 is 22.9 Å². The molecule has 1 saturated carbocycles. The molecule has 0 radical (unpaired) electrons. The number of ether oxygens (including phenoxy) is 1. The zero-order valence-corrected chi connectivity index (χ0v) is 17.8. The fraction of sp³-hybridized carbons (Fsp3) is 0.381. The van der Waals surface area contributed by atoms with Crippen molar-refractivity contribution < 1.29 is 9.53 Å². The summed E-state index contributed by atoms with van der Waals surface area (Å²) < 4.78 is 6.88. The van der Waals surface area contributed by atoms with Crippen molar-refractivity contribution in [1.29, 1.82) is 0 Å². The molecule has 0 bridgehead atoms. The van der Waals surface area contributed by atoms with Gasteiger partial charge in [0.15, 0.2) is 5.13 Å². The summed E-state index contributed by atoms with van der Waals surface area (Å²) in [6.45, 7) is 0.958. The molecule has 29 heavy (non-hydrogen) atoms. The molecule has 8 heteroatoms. The molecule has 3 aromatic rings. The zero-order chi connectivity index (χ0) is 20.2. The van der Waals surface area contributed by atoms with Gasteiger partial charge in [-0.3, -0.25) is 9.78 Å². The molecule has 0 unspecified atom stereocenters. The average Bonchev–Trinajstić information content (AvgIpc) is 3.16. The van der Waals surface area contributed by atoms with E-state index in [0.29, 0.717) is 22.2 Å². The van der Waals surface area contributed by atoms with E-state index in [4.69, 9.17) is 16.3 Å². The average molecular weight is 431 g/mol. The summed E-state index contributed by atoms with van der Waals surface area (Å²) in [5.74, 6) is 1.58. The first-order valence-corrected chi connectivity index (χ1v) is 11.0. The second-order valence-corrected chi connectivity index (χ2v) is 8.65. The predicted octanol–water partition coefficient (Wildman–Crippen LogP) is 5.49. The molecule has 0 atom stereocenters. The third-order valence-electron chi connectivity index (χ3n) is 5.12. The van der Waals surface area contributed by atoms with Crippen LogP contribution in [0.25, 0.3) is 10.2 Å². The molecular formula is C21H23ClN4O2S. The summed E-state index contributed by atoms with van der Waals surface area (Å²) >= 11 is 8.03. The van der Waals surface area contributed by atoms with Gasteiger partial charge < -0.3 is 15.4 Å². The fourth-order valence-electron chi connectivity index (χ4n) is 3.59. The van der Waals surface area contributed by atoms with Crippen LogP contribution in [0.5, 0.6) is 11.5 Å². The Morgan fingerprint density at radius 1 is 1.24 bits per heavy atom. The number of rotatable bonds is 6. The first-order chi connectivity index (χ1) is 14.1. The summed E-state index contributed by atoms with van der Waals surface area (Å²) in [6, 6.07) is 6.97. The highest BCUT2D eigenvalue weighted by molar-refractivity contribution is 7.22. The summed E-state index contributed by atoms with van der Waals surface area (Å²) in [4.78, 5) is 20.5. The van der Waals surface area contributed by atoms with Crippen LogP contribution in [0.1, 0.15) is 42.6 Å². The lowest BCUT2D eigenvalue weighted by Gasteiger charge is -2.21. The van der Waals surface area contributed by atoms with Gasteiger partial charge in [-0.05, 0) is 24.8 Å². The summed E-state index contributed by atoms with van der Waals surface area (Å²) in [5, 5.41) is 7.46. The number of aromatic nitrogens is 2. The maximum Gasteiger partial charge on any atom is 0.269 e. The Hall–Kier alpha value is -2.38. The fourth-order valence-corrected chi connectivity index (χ4v) is 4.82. The highest BCUT2D eigenvalue weighted by Crippen LogP contribution is 2.36. The minimum Gasteiger partial charge on any atom is -0.457 e. The van der Waals surface area contributed by atoms with Gasteiger partial charge in [-0.25, -0.2) is 4.98 Å². The van der Waals surface area contributed by atoms with E-state index < -0.39 is 0 Å². The Bertz CT molecular complexity index is 1020. The van der Waals surface area contributed by atoms with Crippen LogP contribution in [-0.4, -0.2) is 29.5 Å². The number of nitrogens with one attached hydrogen (secondary N) is 2. The van der Waals surface area contributed by atoms with Gasteiger partial charge in [0.1, 0.15) is 22.7 Å². The number of halogens is 1. The number of nitrogens with zero attached hydrogens (tertiary/aromatic N) is 2. The normalized spacial score (nSPS) is 14.7. The van der Waals surface area contributed by atoms with E-state index in [1.54, 1.807) is 42.8 Å². The third kappa shape index (κ3) is 4.79. The molecular weight excluding hydrogens is 408 g/mol. The molecule has 2 N–H and O–H groups in total. The Kier molecular flexibility index (Phi) is 6.16. The van der Waals surface area contributed by atoms with Crippen molar-refractivity contribution in [2.45, 2.75) is 32.1 Å². The number of amides is 1. The van der Waals surface area contributed by atoms with Crippen LogP contribution in [0.4, 0.5) is 5.13 Å². The maximum atomic E-state index is 11.8. The third-order valence-corrected chi connectivity index (χ3v) is 6.36. The van der Waals surface area contributed by atoms with E-state index in [1.807, 2.05) is 6.07 Å². The maximum absolute atomic E-state index is 11.8. The summed E-state index contributed by atoms with van der Waals surface area (Å²) in [5.41, 5.74) is 1.07. The van der Waals surface area contributed by atoms with Gasteiger partial charge in [-0.1, -0.05) is 42.2 Å². The Morgan fingerprint density at radius 2 is 2.07 bits per heavy atom. The lowest BCUT2D eigenvalue weighted by molar-refractivity contribution is 0.0958. The molecule has 152 valence electrons. The number of carbonyl (C=O) groups is 1. The van der Waals surface area contributed by atoms with Crippen molar-refractivity contribution in [3.8, 4) is 11.5 Å². The van der Waals surface area contributed by atoms with Gasteiger partial charge in [0.2, 0.25) is 0 Å². The topological polar surface area (TPSA) is 76.1 Å². The van der Waals surface area contributed by atoms with Gasteiger partial charge in [-0.15, -0.1) is 0 Å². The van der Waals surface area contributed by atoms with E-state index in [0.717, 1.165) is 27.8 Å². The first kappa shape index (κ1) is 19.9. The molecule has 1 aliphatic rings. The number of benzene rings is 1. The van der Waals surface area contributed by atoms with Gasteiger partial charge >= 0.3 is 0 Å². The minimum atomic E-state index is -0.264. The van der Waals surface area contributed by atoms with Gasteiger partial charge in [-0.2, -0.15) is 0 Å². The van der Waals surface area contributed by atoms with Crippen molar-refractivity contribution in [2.24, 2.45) is 5.92 Å². The first-order valence-electron chi connectivity index (χ1n) is 9.82. The standard InChI is InChI=1S/C21H23ClN4O2S/c1-23-20(27)17-10-14(7-8-24-17)28-15-9-16(22)19-18(11-15)29-21(26-19)25-12-13-5-3-2-4-6-13/h7-11,13H,2-6,12H2,1H3,(H,23,27)(H,25,26). The lowest BCUT2D eigenvalue weighted by atomic mass is 9.89.